The first-order chi connectivity index (χ1) is 10.3. The predicted octanol–water partition coefficient (Wildman–Crippen LogP) is 4.79. The molecule has 2 fully saturated rings. The van der Waals surface area contributed by atoms with Gasteiger partial charge in [0.2, 0.25) is 0 Å². The number of rotatable bonds is 5. The van der Waals surface area contributed by atoms with E-state index in [-0.39, 0.29) is 0 Å². The first-order valence-corrected chi connectivity index (χ1v) is 9.76. The van der Waals surface area contributed by atoms with E-state index in [1.165, 1.54) is 77.7 Å². The molecule has 0 aromatic rings. The highest BCUT2D eigenvalue weighted by Crippen LogP contribution is 2.41. The van der Waals surface area contributed by atoms with Crippen LogP contribution in [-0.2, 0) is 0 Å². The summed E-state index contributed by atoms with van der Waals surface area (Å²) in [5.41, 5.74) is 1.21. The average molecular weight is 309 g/mol. The lowest BCUT2D eigenvalue weighted by molar-refractivity contribution is 0.0246. The molecule has 0 unspecified atom stereocenters. The van der Waals surface area contributed by atoms with Crippen LogP contribution in [0.5, 0.6) is 0 Å². The number of piperidine rings is 2. The third-order valence-electron chi connectivity index (χ3n) is 6.16. The van der Waals surface area contributed by atoms with Gasteiger partial charge in [-0.05, 0) is 95.9 Å². The Kier molecular flexibility index (Phi) is 6.36. The predicted molar refractivity (Wildman–Crippen MR) is 97.4 cm³/mol. The van der Waals surface area contributed by atoms with Crippen molar-refractivity contribution in [1.29, 1.82) is 0 Å². The first kappa shape index (κ1) is 18.3. The molecule has 1 spiro atoms. The third-order valence-corrected chi connectivity index (χ3v) is 6.16. The molecule has 2 aliphatic heterocycles. The summed E-state index contributed by atoms with van der Waals surface area (Å²) in [6.07, 6.45) is 9.97. The van der Waals surface area contributed by atoms with E-state index in [1.807, 2.05) is 0 Å². The lowest BCUT2D eigenvalue weighted by Gasteiger charge is -2.47. The molecule has 0 aromatic carbocycles. The average Bonchev–Trinajstić information content (AvgIpc) is 2.45. The van der Waals surface area contributed by atoms with Crippen molar-refractivity contribution >= 4 is 0 Å². The highest BCUT2D eigenvalue weighted by Gasteiger charge is 2.37. The number of nitrogens with zero attached hydrogens (tertiary/aromatic N) is 2. The van der Waals surface area contributed by atoms with Crippen LogP contribution in [-0.4, -0.2) is 48.6 Å². The molecular weight excluding hydrogens is 268 g/mol. The van der Waals surface area contributed by atoms with Gasteiger partial charge in [-0.2, -0.15) is 0 Å². The van der Waals surface area contributed by atoms with E-state index in [0.717, 1.165) is 6.04 Å². The second-order valence-corrected chi connectivity index (χ2v) is 9.49. The summed E-state index contributed by atoms with van der Waals surface area (Å²) in [6.45, 7) is 18.5. The summed E-state index contributed by atoms with van der Waals surface area (Å²) in [5, 5.41) is 0. The van der Waals surface area contributed by atoms with Crippen molar-refractivity contribution in [3.8, 4) is 0 Å². The van der Waals surface area contributed by atoms with Crippen molar-refractivity contribution in [2.75, 3.05) is 32.7 Å². The van der Waals surface area contributed by atoms with Crippen molar-refractivity contribution in [3.63, 3.8) is 0 Å². The molecule has 2 nitrogen and oxygen atoms in total. The van der Waals surface area contributed by atoms with Crippen LogP contribution in [0.1, 0.15) is 79.6 Å². The van der Waals surface area contributed by atoms with Gasteiger partial charge in [-0.25, -0.2) is 0 Å². The van der Waals surface area contributed by atoms with Crippen LogP contribution < -0.4 is 0 Å². The Hall–Kier alpha value is -0.0800. The van der Waals surface area contributed by atoms with Crippen LogP contribution in [0.25, 0.3) is 0 Å². The zero-order valence-corrected chi connectivity index (χ0v) is 16.0. The van der Waals surface area contributed by atoms with Crippen LogP contribution in [0.2, 0.25) is 0 Å². The van der Waals surface area contributed by atoms with E-state index in [0.29, 0.717) is 10.8 Å². The van der Waals surface area contributed by atoms with Gasteiger partial charge in [0.15, 0.2) is 0 Å². The van der Waals surface area contributed by atoms with E-state index < -0.39 is 0 Å². The van der Waals surface area contributed by atoms with Crippen molar-refractivity contribution in [3.05, 3.63) is 0 Å². The lowest BCUT2D eigenvalue weighted by atomic mass is 9.71. The minimum absolute atomic E-state index is 0.510. The van der Waals surface area contributed by atoms with Crippen molar-refractivity contribution in [1.82, 2.24) is 9.80 Å². The molecule has 0 saturated carbocycles. The monoisotopic (exact) mass is 308 g/mol. The van der Waals surface area contributed by atoms with Crippen LogP contribution >= 0.6 is 0 Å². The molecule has 22 heavy (non-hydrogen) atoms. The molecule has 2 saturated heterocycles. The number of likely N-dealkylation sites (tertiary alicyclic amines) is 2. The highest BCUT2D eigenvalue weighted by molar-refractivity contribution is 4.91. The minimum atomic E-state index is 0.510. The fourth-order valence-electron chi connectivity index (χ4n) is 4.26. The van der Waals surface area contributed by atoms with Gasteiger partial charge in [0.25, 0.3) is 0 Å². The molecular formula is C20H40N2. The largest absolute Gasteiger partial charge is 0.303 e. The number of hydrogen-bond donors (Lipinski definition) is 0. The molecule has 2 rings (SSSR count). The zero-order chi connectivity index (χ0) is 16.2. The van der Waals surface area contributed by atoms with Gasteiger partial charge in [-0.1, -0.05) is 27.2 Å². The molecule has 0 atom stereocenters. The maximum Gasteiger partial charge on any atom is 0.00385 e. The lowest BCUT2D eigenvalue weighted by Crippen LogP contribution is -2.48. The summed E-state index contributed by atoms with van der Waals surface area (Å²) in [5.74, 6) is 0. The second kappa shape index (κ2) is 7.66. The Morgan fingerprint density at radius 1 is 0.864 bits per heavy atom. The van der Waals surface area contributed by atoms with Gasteiger partial charge in [0.1, 0.15) is 0 Å². The fraction of sp³-hybridized carbons (Fsp3) is 1.00. The van der Waals surface area contributed by atoms with E-state index in [9.17, 15) is 0 Å². The van der Waals surface area contributed by atoms with Crippen LogP contribution in [0.15, 0.2) is 0 Å². The minimum Gasteiger partial charge on any atom is -0.303 e. The highest BCUT2D eigenvalue weighted by atomic mass is 15.2. The molecule has 0 aromatic heterocycles. The molecule has 0 amide bonds. The Bertz CT molecular complexity index is 311. The Morgan fingerprint density at radius 3 is 1.91 bits per heavy atom. The van der Waals surface area contributed by atoms with Crippen LogP contribution in [0.4, 0.5) is 0 Å². The summed E-state index contributed by atoms with van der Waals surface area (Å²) in [4.78, 5) is 5.41. The van der Waals surface area contributed by atoms with Gasteiger partial charge < -0.3 is 9.80 Å². The standard InChI is InChI=1S/C20H40N2/c1-18(2)22-16-11-20(12-17-22)9-14-21(15-10-20)13-7-6-8-19(3,4)5/h18H,6-17H2,1-5H3. The summed E-state index contributed by atoms with van der Waals surface area (Å²) in [7, 11) is 0. The normalized spacial score (nSPS) is 24.3. The topological polar surface area (TPSA) is 6.48 Å². The maximum absolute atomic E-state index is 2.74. The maximum atomic E-state index is 2.74. The van der Waals surface area contributed by atoms with Gasteiger partial charge in [-0.15, -0.1) is 0 Å². The Morgan fingerprint density at radius 2 is 1.41 bits per heavy atom. The molecule has 130 valence electrons. The Balaban J connectivity index is 1.64. The second-order valence-electron chi connectivity index (χ2n) is 9.49. The molecule has 2 heteroatoms. The zero-order valence-electron chi connectivity index (χ0n) is 16.0. The SMILES string of the molecule is CC(C)N1CCC2(CCN(CCCCC(C)(C)C)CC2)CC1. The summed E-state index contributed by atoms with van der Waals surface area (Å²) < 4.78 is 0. The molecule has 2 heterocycles. The fourth-order valence-corrected chi connectivity index (χ4v) is 4.26. The van der Waals surface area contributed by atoms with Crippen molar-refractivity contribution in [2.45, 2.75) is 85.6 Å². The van der Waals surface area contributed by atoms with E-state index in [1.54, 1.807) is 0 Å². The first-order valence-electron chi connectivity index (χ1n) is 9.76. The van der Waals surface area contributed by atoms with E-state index in [4.69, 9.17) is 0 Å². The van der Waals surface area contributed by atoms with Gasteiger partial charge in [0, 0.05) is 6.04 Å². The van der Waals surface area contributed by atoms with Crippen molar-refractivity contribution in [2.24, 2.45) is 10.8 Å². The quantitative estimate of drug-likeness (QED) is 0.674. The summed E-state index contributed by atoms with van der Waals surface area (Å²) in [6, 6.07) is 0.736. The number of hydrogen-bond acceptors (Lipinski definition) is 2. The van der Waals surface area contributed by atoms with E-state index in [2.05, 4.69) is 44.4 Å². The molecule has 2 aliphatic rings. The Labute approximate surface area is 139 Å². The molecule has 0 bridgehead atoms. The van der Waals surface area contributed by atoms with Gasteiger partial charge >= 0.3 is 0 Å². The molecule has 0 radical (unpaired) electrons. The molecule has 0 N–H and O–H groups in total. The smallest absolute Gasteiger partial charge is 0.00385 e. The summed E-state index contributed by atoms with van der Waals surface area (Å²) >= 11 is 0. The van der Waals surface area contributed by atoms with Crippen LogP contribution in [0.3, 0.4) is 0 Å². The number of unbranched alkanes of at least 4 members (excludes halogenated alkanes) is 1. The van der Waals surface area contributed by atoms with Crippen molar-refractivity contribution < 1.29 is 0 Å². The van der Waals surface area contributed by atoms with Gasteiger partial charge in [0.05, 0.1) is 0 Å². The third kappa shape index (κ3) is 5.53. The van der Waals surface area contributed by atoms with Gasteiger partial charge in [-0.3, -0.25) is 0 Å². The molecule has 0 aliphatic carbocycles. The van der Waals surface area contributed by atoms with E-state index >= 15 is 0 Å². The van der Waals surface area contributed by atoms with Crippen LogP contribution in [0, 0.1) is 10.8 Å².